The minimum Gasteiger partial charge on any atom is -0.478 e. The van der Waals surface area contributed by atoms with E-state index >= 15 is 0 Å². The standard InChI is InChI=1S/C16H16O4/c1-10-5-13-9-20-15(19)16(13,7-10)8-11-3-2-4-12(6-11)14(17)18/h2-4,6,13H,1,5,7-9H2,(H,17,18). The third kappa shape index (κ3) is 1.92. The monoisotopic (exact) mass is 272 g/mol. The fraction of sp³-hybridized carbons (Fsp3) is 0.375. The Morgan fingerprint density at radius 2 is 2.30 bits per heavy atom. The average molecular weight is 272 g/mol. The number of carbonyl (C=O) groups is 2. The van der Waals surface area contributed by atoms with Crippen LogP contribution in [0.4, 0.5) is 0 Å². The average Bonchev–Trinajstić information content (AvgIpc) is 2.86. The molecule has 1 saturated heterocycles. The highest BCUT2D eigenvalue weighted by molar-refractivity contribution is 5.88. The molecule has 0 aromatic heterocycles. The van der Waals surface area contributed by atoms with Gasteiger partial charge >= 0.3 is 11.9 Å². The number of esters is 1. The predicted molar refractivity (Wildman–Crippen MR) is 72.4 cm³/mol. The van der Waals surface area contributed by atoms with E-state index in [0.717, 1.165) is 17.6 Å². The normalized spacial score (nSPS) is 28.3. The van der Waals surface area contributed by atoms with Crippen LogP contribution in [0.25, 0.3) is 0 Å². The van der Waals surface area contributed by atoms with Gasteiger partial charge in [0.2, 0.25) is 0 Å². The lowest BCUT2D eigenvalue weighted by molar-refractivity contribution is -0.146. The maximum Gasteiger partial charge on any atom is 0.335 e. The SMILES string of the molecule is C=C1CC2COC(=O)C2(Cc2cccc(C(=O)O)c2)C1. The van der Waals surface area contributed by atoms with Crippen molar-refractivity contribution < 1.29 is 19.4 Å². The summed E-state index contributed by atoms with van der Waals surface area (Å²) in [5.41, 5.74) is 1.66. The number of fused-ring (bicyclic) bond motifs is 1. The quantitative estimate of drug-likeness (QED) is 0.678. The van der Waals surface area contributed by atoms with Crippen LogP contribution in [0.5, 0.6) is 0 Å². The van der Waals surface area contributed by atoms with E-state index < -0.39 is 11.4 Å². The van der Waals surface area contributed by atoms with E-state index in [-0.39, 0.29) is 17.5 Å². The molecule has 2 atom stereocenters. The van der Waals surface area contributed by atoms with Crippen LogP contribution in [0.15, 0.2) is 36.4 Å². The molecule has 1 N–H and O–H groups in total. The van der Waals surface area contributed by atoms with Crippen molar-refractivity contribution in [2.24, 2.45) is 11.3 Å². The number of allylic oxidation sites excluding steroid dienone is 1. The molecule has 104 valence electrons. The van der Waals surface area contributed by atoms with Gasteiger partial charge in [-0.25, -0.2) is 4.79 Å². The molecule has 0 bridgehead atoms. The lowest BCUT2D eigenvalue weighted by Crippen LogP contribution is -2.31. The Balaban J connectivity index is 1.93. The van der Waals surface area contributed by atoms with E-state index in [1.165, 1.54) is 0 Å². The fourth-order valence-electron chi connectivity index (χ4n) is 3.44. The molecule has 2 unspecified atom stereocenters. The first-order valence-electron chi connectivity index (χ1n) is 6.67. The second kappa shape index (κ2) is 4.47. The van der Waals surface area contributed by atoms with Gasteiger partial charge in [0.25, 0.3) is 0 Å². The smallest absolute Gasteiger partial charge is 0.335 e. The molecule has 4 heteroatoms. The third-order valence-electron chi connectivity index (χ3n) is 4.40. The molecule has 0 spiro atoms. The summed E-state index contributed by atoms with van der Waals surface area (Å²) in [4.78, 5) is 23.2. The lowest BCUT2D eigenvalue weighted by atomic mass is 9.75. The van der Waals surface area contributed by atoms with Crippen molar-refractivity contribution in [3.63, 3.8) is 0 Å². The van der Waals surface area contributed by atoms with Crippen LogP contribution in [-0.2, 0) is 16.0 Å². The first kappa shape index (κ1) is 12.9. The molecule has 3 rings (SSSR count). The Bertz CT molecular complexity index is 604. The number of aromatic carboxylic acids is 1. The first-order valence-corrected chi connectivity index (χ1v) is 6.67. The number of carboxylic acid groups (broad SMARTS) is 1. The summed E-state index contributed by atoms with van der Waals surface area (Å²) in [6, 6.07) is 6.78. The number of carboxylic acids is 1. The van der Waals surface area contributed by atoms with E-state index in [0.29, 0.717) is 19.4 Å². The van der Waals surface area contributed by atoms with Crippen LogP contribution in [0.2, 0.25) is 0 Å². The molecule has 1 aliphatic carbocycles. The van der Waals surface area contributed by atoms with E-state index in [4.69, 9.17) is 9.84 Å². The molecule has 1 aromatic carbocycles. The Kier molecular flexibility index (Phi) is 2.89. The van der Waals surface area contributed by atoms with E-state index in [9.17, 15) is 9.59 Å². The zero-order valence-corrected chi connectivity index (χ0v) is 11.1. The number of hydrogen-bond donors (Lipinski definition) is 1. The first-order chi connectivity index (χ1) is 9.51. The predicted octanol–water partition coefficient (Wildman–Crippen LogP) is 2.44. The van der Waals surface area contributed by atoms with Crippen molar-refractivity contribution in [1.29, 1.82) is 0 Å². The minimum absolute atomic E-state index is 0.165. The summed E-state index contributed by atoms with van der Waals surface area (Å²) in [6.45, 7) is 4.46. The summed E-state index contributed by atoms with van der Waals surface area (Å²) in [7, 11) is 0. The van der Waals surface area contributed by atoms with Gasteiger partial charge in [0.15, 0.2) is 0 Å². The number of hydrogen-bond acceptors (Lipinski definition) is 3. The summed E-state index contributed by atoms with van der Waals surface area (Å²) in [5.74, 6) is -0.941. The topological polar surface area (TPSA) is 63.6 Å². The van der Waals surface area contributed by atoms with Crippen molar-refractivity contribution in [2.75, 3.05) is 6.61 Å². The van der Waals surface area contributed by atoms with Gasteiger partial charge in [-0.05, 0) is 37.0 Å². The van der Waals surface area contributed by atoms with Gasteiger partial charge in [-0.3, -0.25) is 4.79 Å². The van der Waals surface area contributed by atoms with Crippen molar-refractivity contribution in [3.8, 4) is 0 Å². The van der Waals surface area contributed by atoms with Gasteiger partial charge in [0.1, 0.15) is 0 Å². The Morgan fingerprint density at radius 1 is 1.50 bits per heavy atom. The maximum atomic E-state index is 12.2. The van der Waals surface area contributed by atoms with Crippen molar-refractivity contribution >= 4 is 11.9 Å². The van der Waals surface area contributed by atoms with Gasteiger partial charge < -0.3 is 9.84 Å². The van der Waals surface area contributed by atoms with Crippen molar-refractivity contribution in [3.05, 3.63) is 47.5 Å². The van der Waals surface area contributed by atoms with Crippen LogP contribution in [-0.4, -0.2) is 23.7 Å². The van der Waals surface area contributed by atoms with Gasteiger partial charge in [-0.1, -0.05) is 24.3 Å². The van der Waals surface area contributed by atoms with Crippen molar-refractivity contribution in [1.82, 2.24) is 0 Å². The Hall–Kier alpha value is -2.10. The zero-order valence-electron chi connectivity index (χ0n) is 11.1. The molecule has 1 aromatic rings. The number of rotatable bonds is 3. The third-order valence-corrected chi connectivity index (χ3v) is 4.40. The minimum atomic E-state index is -0.953. The molecule has 1 heterocycles. The highest BCUT2D eigenvalue weighted by atomic mass is 16.5. The van der Waals surface area contributed by atoms with Crippen molar-refractivity contribution in [2.45, 2.75) is 19.3 Å². The number of carbonyl (C=O) groups excluding carboxylic acids is 1. The molecule has 20 heavy (non-hydrogen) atoms. The summed E-state index contributed by atoms with van der Waals surface area (Å²) in [5, 5.41) is 9.04. The van der Waals surface area contributed by atoms with E-state index in [2.05, 4.69) is 6.58 Å². The largest absolute Gasteiger partial charge is 0.478 e. The van der Waals surface area contributed by atoms with Gasteiger partial charge in [0.05, 0.1) is 17.6 Å². The maximum absolute atomic E-state index is 12.2. The van der Waals surface area contributed by atoms with Gasteiger partial charge in [-0.15, -0.1) is 0 Å². The van der Waals surface area contributed by atoms with E-state index in [1.807, 2.05) is 6.07 Å². The zero-order chi connectivity index (χ0) is 14.3. The fourth-order valence-corrected chi connectivity index (χ4v) is 3.44. The summed E-state index contributed by atoms with van der Waals surface area (Å²) in [6.07, 6.45) is 1.99. The molecule has 1 saturated carbocycles. The second-order valence-electron chi connectivity index (χ2n) is 5.76. The Labute approximate surface area is 117 Å². The molecular weight excluding hydrogens is 256 g/mol. The van der Waals surface area contributed by atoms with Crippen LogP contribution in [0.1, 0.15) is 28.8 Å². The number of ether oxygens (including phenoxy) is 1. The second-order valence-corrected chi connectivity index (χ2v) is 5.76. The van der Waals surface area contributed by atoms with Crippen LogP contribution in [0.3, 0.4) is 0 Å². The summed E-state index contributed by atoms with van der Waals surface area (Å²) >= 11 is 0. The highest BCUT2D eigenvalue weighted by Crippen LogP contribution is 2.52. The molecule has 2 fully saturated rings. The highest BCUT2D eigenvalue weighted by Gasteiger charge is 2.55. The van der Waals surface area contributed by atoms with E-state index in [1.54, 1.807) is 18.2 Å². The van der Waals surface area contributed by atoms with Crippen LogP contribution < -0.4 is 0 Å². The number of benzene rings is 1. The molecular formula is C16H16O4. The lowest BCUT2D eigenvalue weighted by Gasteiger charge is -2.24. The van der Waals surface area contributed by atoms with Crippen LogP contribution in [0, 0.1) is 11.3 Å². The molecule has 4 nitrogen and oxygen atoms in total. The number of cyclic esters (lactones) is 1. The Morgan fingerprint density at radius 3 is 3.05 bits per heavy atom. The summed E-state index contributed by atoms with van der Waals surface area (Å²) < 4.78 is 5.23. The molecule has 0 radical (unpaired) electrons. The molecule has 0 amide bonds. The van der Waals surface area contributed by atoms with Crippen LogP contribution >= 0.6 is 0 Å². The molecule has 2 aliphatic rings. The molecule has 1 aliphatic heterocycles. The van der Waals surface area contributed by atoms with Gasteiger partial charge in [-0.2, -0.15) is 0 Å². The van der Waals surface area contributed by atoms with Gasteiger partial charge in [0, 0.05) is 5.92 Å².